The largest absolute Gasteiger partial charge is 0.477 e. The number of rotatable bonds is 4. The minimum atomic E-state index is -1.08. The van der Waals surface area contributed by atoms with Crippen LogP contribution in [0.1, 0.15) is 36.8 Å². The normalized spacial score (nSPS) is 11.0. The summed E-state index contributed by atoms with van der Waals surface area (Å²) in [7, 11) is 0. The molecule has 1 amide bonds. The van der Waals surface area contributed by atoms with Crippen LogP contribution in [-0.2, 0) is 11.3 Å². The van der Waals surface area contributed by atoms with E-state index in [1.165, 1.54) is 6.07 Å². The fourth-order valence-electron chi connectivity index (χ4n) is 2.11. The van der Waals surface area contributed by atoms with E-state index in [0.29, 0.717) is 5.69 Å². The van der Waals surface area contributed by atoms with Gasteiger partial charge in [0.15, 0.2) is 0 Å². The van der Waals surface area contributed by atoms with Gasteiger partial charge in [0.05, 0.1) is 5.69 Å². The Morgan fingerprint density at radius 2 is 1.83 bits per heavy atom. The maximum atomic E-state index is 11.8. The number of carbonyl (C=O) groups excluding carboxylic acids is 1. The van der Waals surface area contributed by atoms with Crippen LogP contribution in [0, 0.1) is 0 Å². The number of ether oxygens (including phenoxy) is 1. The molecule has 1 aromatic carbocycles. The molecule has 0 radical (unpaired) electrons. The van der Waals surface area contributed by atoms with Crippen molar-refractivity contribution >= 4 is 12.1 Å². The number of aromatic nitrogens is 1. The number of carboxylic acids is 1. The summed E-state index contributed by atoms with van der Waals surface area (Å²) >= 11 is 0. The lowest BCUT2D eigenvalue weighted by molar-refractivity contribution is 0.0523. The number of pyridine rings is 1. The summed E-state index contributed by atoms with van der Waals surface area (Å²) in [5, 5.41) is 11.8. The standard InChI is InChI=1S/C18H20N2O4/c1-18(2,3)24-17(23)19-11-12-7-4-5-8-13(12)14-9-6-10-15(20-14)16(21)22/h4-10H,11H2,1-3H3,(H,19,23)(H,21,22). The lowest BCUT2D eigenvalue weighted by Gasteiger charge is -2.20. The Bertz CT molecular complexity index is 751. The summed E-state index contributed by atoms with van der Waals surface area (Å²) in [6, 6.07) is 12.2. The van der Waals surface area contributed by atoms with E-state index in [1.54, 1.807) is 32.9 Å². The highest BCUT2D eigenvalue weighted by Gasteiger charge is 2.16. The van der Waals surface area contributed by atoms with Crippen LogP contribution in [-0.4, -0.2) is 27.8 Å². The summed E-state index contributed by atoms with van der Waals surface area (Å²) in [5.74, 6) is -1.08. The van der Waals surface area contributed by atoms with E-state index >= 15 is 0 Å². The summed E-state index contributed by atoms with van der Waals surface area (Å²) in [6.07, 6.45) is -0.510. The second kappa shape index (κ2) is 7.12. The van der Waals surface area contributed by atoms with Gasteiger partial charge in [-0.2, -0.15) is 0 Å². The third-order valence-electron chi connectivity index (χ3n) is 3.08. The minimum Gasteiger partial charge on any atom is -0.477 e. The van der Waals surface area contributed by atoms with Gasteiger partial charge in [-0.3, -0.25) is 0 Å². The molecule has 0 aliphatic carbocycles. The molecule has 0 fully saturated rings. The zero-order valence-electron chi connectivity index (χ0n) is 13.9. The van der Waals surface area contributed by atoms with Crippen molar-refractivity contribution in [2.45, 2.75) is 32.9 Å². The average molecular weight is 328 g/mol. The maximum absolute atomic E-state index is 11.8. The molecule has 0 bridgehead atoms. The van der Waals surface area contributed by atoms with E-state index in [0.717, 1.165) is 11.1 Å². The van der Waals surface area contributed by atoms with Gasteiger partial charge in [-0.15, -0.1) is 0 Å². The predicted octanol–water partition coefficient (Wildman–Crippen LogP) is 3.47. The molecule has 126 valence electrons. The fraction of sp³-hybridized carbons (Fsp3) is 0.278. The van der Waals surface area contributed by atoms with Crippen molar-refractivity contribution in [1.82, 2.24) is 10.3 Å². The summed E-state index contributed by atoms with van der Waals surface area (Å²) in [4.78, 5) is 27.0. The van der Waals surface area contributed by atoms with Crippen LogP contribution >= 0.6 is 0 Å². The van der Waals surface area contributed by atoms with Crippen LogP contribution in [0.4, 0.5) is 4.79 Å². The molecule has 1 heterocycles. The van der Waals surface area contributed by atoms with E-state index < -0.39 is 17.7 Å². The second-order valence-electron chi connectivity index (χ2n) is 6.23. The lowest BCUT2D eigenvalue weighted by atomic mass is 10.0. The van der Waals surface area contributed by atoms with Gasteiger partial charge in [0.25, 0.3) is 0 Å². The first-order valence-electron chi connectivity index (χ1n) is 7.52. The van der Waals surface area contributed by atoms with Crippen LogP contribution in [0.3, 0.4) is 0 Å². The van der Waals surface area contributed by atoms with Gasteiger partial charge < -0.3 is 15.2 Å². The van der Waals surface area contributed by atoms with Crippen molar-refractivity contribution < 1.29 is 19.4 Å². The third-order valence-corrected chi connectivity index (χ3v) is 3.08. The second-order valence-corrected chi connectivity index (χ2v) is 6.23. The Balaban J connectivity index is 2.20. The molecule has 0 aliphatic heterocycles. The van der Waals surface area contributed by atoms with Crippen molar-refractivity contribution in [3.8, 4) is 11.3 Å². The fourth-order valence-corrected chi connectivity index (χ4v) is 2.11. The predicted molar refractivity (Wildman–Crippen MR) is 89.7 cm³/mol. The van der Waals surface area contributed by atoms with Crippen molar-refractivity contribution in [2.24, 2.45) is 0 Å². The summed E-state index contributed by atoms with van der Waals surface area (Å²) < 4.78 is 5.21. The van der Waals surface area contributed by atoms with E-state index in [2.05, 4.69) is 10.3 Å². The van der Waals surface area contributed by atoms with Crippen molar-refractivity contribution in [2.75, 3.05) is 0 Å². The number of aromatic carboxylic acids is 1. The molecule has 0 saturated heterocycles. The smallest absolute Gasteiger partial charge is 0.407 e. The Morgan fingerprint density at radius 3 is 2.50 bits per heavy atom. The molecule has 6 nitrogen and oxygen atoms in total. The molecule has 1 aromatic heterocycles. The van der Waals surface area contributed by atoms with Gasteiger partial charge in [-0.05, 0) is 38.5 Å². The zero-order valence-corrected chi connectivity index (χ0v) is 13.9. The number of amides is 1. The highest BCUT2D eigenvalue weighted by atomic mass is 16.6. The van der Waals surface area contributed by atoms with Crippen LogP contribution in [0.5, 0.6) is 0 Å². The van der Waals surface area contributed by atoms with Crippen LogP contribution < -0.4 is 5.32 Å². The molecular weight excluding hydrogens is 308 g/mol. The van der Waals surface area contributed by atoms with Gasteiger partial charge in [0.1, 0.15) is 11.3 Å². The van der Waals surface area contributed by atoms with Crippen molar-refractivity contribution in [3.63, 3.8) is 0 Å². The number of hydrogen-bond acceptors (Lipinski definition) is 4. The third kappa shape index (κ3) is 4.81. The molecule has 0 unspecified atom stereocenters. The molecule has 24 heavy (non-hydrogen) atoms. The van der Waals surface area contributed by atoms with Crippen molar-refractivity contribution in [1.29, 1.82) is 0 Å². The number of hydrogen-bond donors (Lipinski definition) is 2. The number of nitrogens with one attached hydrogen (secondary N) is 1. The minimum absolute atomic E-state index is 0.0256. The summed E-state index contributed by atoms with van der Waals surface area (Å²) in [6.45, 7) is 5.63. The first-order chi connectivity index (χ1) is 11.3. The molecule has 2 aromatic rings. The SMILES string of the molecule is CC(C)(C)OC(=O)NCc1ccccc1-c1cccc(C(=O)O)n1. The average Bonchev–Trinajstić information content (AvgIpc) is 2.51. The monoisotopic (exact) mass is 328 g/mol. The Morgan fingerprint density at radius 1 is 1.12 bits per heavy atom. The number of carboxylic acid groups (broad SMARTS) is 1. The van der Waals surface area contributed by atoms with Crippen LogP contribution in [0.25, 0.3) is 11.3 Å². The molecule has 0 atom stereocenters. The Kier molecular flexibility index (Phi) is 5.18. The molecule has 0 aliphatic rings. The number of carbonyl (C=O) groups is 2. The Hall–Kier alpha value is -2.89. The van der Waals surface area contributed by atoms with Crippen molar-refractivity contribution in [3.05, 3.63) is 53.7 Å². The molecule has 0 spiro atoms. The quantitative estimate of drug-likeness (QED) is 0.897. The van der Waals surface area contributed by atoms with Gasteiger partial charge in [0.2, 0.25) is 0 Å². The van der Waals surface area contributed by atoms with E-state index in [1.807, 2.05) is 24.3 Å². The molecule has 2 rings (SSSR count). The molecule has 0 saturated carbocycles. The highest BCUT2D eigenvalue weighted by molar-refractivity contribution is 5.86. The van der Waals surface area contributed by atoms with E-state index in [4.69, 9.17) is 9.84 Å². The molecule has 6 heteroatoms. The van der Waals surface area contributed by atoms with Crippen LogP contribution in [0.15, 0.2) is 42.5 Å². The lowest BCUT2D eigenvalue weighted by Crippen LogP contribution is -2.32. The first kappa shape index (κ1) is 17.5. The van der Waals surface area contributed by atoms with E-state index in [9.17, 15) is 9.59 Å². The van der Waals surface area contributed by atoms with Gasteiger partial charge >= 0.3 is 12.1 Å². The topological polar surface area (TPSA) is 88.5 Å². The van der Waals surface area contributed by atoms with E-state index in [-0.39, 0.29) is 12.2 Å². The zero-order chi connectivity index (χ0) is 17.7. The molecular formula is C18H20N2O4. The van der Waals surface area contributed by atoms with Gasteiger partial charge in [-0.25, -0.2) is 14.6 Å². The van der Waals surface area contributed by atoms with Crippen LogP contribution in [0.2, 0.25) is 0 Å². The first-order valence-corrected chi connectivity index (χ1v) is 7.52. The number of nitrogens with zero attached hydrogens (tertiary/aromatic N) is 1. The highest BCUT2D eigenvalue weighted by Crippen LogP contribution is 2.22. The number of benzene rings is 1. The van der Waals surface area contributed by atoms with Gasteiger partial charge in [-0.1, -0.05) is 30.3 Å². The Labute approximate surface area is 140 Å². The molecule has 2 N–H and O–H groups in total. The maximum Gasteiger partial charge on any atom is 0.407 e. The van der Waals surface area contributed by atoms with Gasteiger partial charge in [0, 0.05) is 12.1 Å². The summed E-state index contributed by atoms with van der Waals surface area (Å²) in [5.41, 5.74) is 1.52. The number of alkyl carbamates (subject to hydrolysis) is 1.